The van der Waals surface area contributed by atoms with Gasteiger partial charge in [0.25, 0.3) is 0 Å². The molecule has 2 atom stereocenters. The standard InChI is InChI=1S/C18H20ClF3N2O2S/c1-3-11(2)23-17(26)15-9-27-10-24(15)16(25)7-5-12-4-6-14(19)13(8-12)18(20,21)22/h4-8,11,15H,3,9-10H2,1-2H3,(H,23,26)/b7-5+. The smallest absolute Gasteiger partial charge is 0.352 e. The van der Waals surface area contributed by atoms with E-state index in [-0.39, 0.29) is 17.5 Å². The van der Waals surface area contributed by atoms with E-state index in [9.17, 15) is 22.8 Å². The number of amides is 2. The molecule has 1 aromatic rings. The second-order valence-electron chi connectivity index (χ2n) is 6.21. The zero-order valence-electron chi connectivity index (χ0n) is 14.8. The number of halogens is 4. The molecule has 0 aliphatic carbocycles. The fraction of sp³-hybridized carbons (Fsp3) is 0.444. The van der Waals surface area contributed by atoms with Crippen LogP contribution in [0.3, 0.4) is 0 Å². The first kappa shape index (κ1) is 21.6. The average molecular weight is 421 g/mol. The molecule has 1 heterocycles. The fourth-order valence-electron chi connectivity index (χ4n) is 2.45. The molecular weight excluding hydrogens is 401 g/mol. The van der Waals surface area contributed by atoms with Crippen molar-refractivity contribution in [3.05, 3.63) is 40.4 Å². The van der Waals surface area contributed by atoms with Gasteiger partial charge in [0.1, 0.15) is 6.04 Å². The van der Waals surface area contributed by atoms with E-state index >= 15 is 0 Å². The summed E-state index contributed by atoms with van der Waals surface area (Å²) in [6, 6.07) is 2.84. The monoisotopic (exact) mass is 420 g/mol. The minimum Gasteiger partial charge on any atom is -0.352 e. The first-order valence-corrected chi connectivity index (χ1v) is 9.90. The van der Waals surface area contributed by atoms with Gasteiger partial charge in [-0.15, -0.1) is 11.8 Å². The Bertz CT molecular complexity index is 740. The molecule has 27 heavy (non-hydrogen) atoms. The normalized spacial score (nSPS) is 18.7. The Balaban J connectivity index is 2.11. The third-order valence-electron chi connectivity index (χ3n) is 4.18. The summed E-state index contributed by atoms with van der Waals surface area (Å²) >= 11 is 7.04. The number of nitrogens with one attached hydrogen (secondary N) is 1. The Morgan fingerprint density at radius 1 is 1.44 bits per heavy atom. The molecule has 0 radical (unpaired) electrons. The predicted octanol–water partition coefficient (Wildman–Crippen LogP) is 4.19. The number of rotatable bonds is 5. The van der Waals surface area contributed by atoms with Crippen LogP contribution in [0.15, 0.2) is 24.3 Å². The summed E-state index contributed by atoms with van der Waals surface area (Å²) in [5, 5.41) is 2.45. The molecule has 1 N–H and O–H groups in total. The van der Waals surface area contributed by atoms with Gasteiger partial charge in [0.2, 0.25) is 11.8 Å². The van der Waals surface area contributed by atoms with Crippen LogP contribution in [0, 0.1) is 0 Å². The molecule has 2 amide bonds. The lowest BCUT2D eigenvalue weighted by atomic mass is 10.1. The number of alkyl halides is 3. The third-order valence-corrected chi connectivity index (χ3v) is 5.53. The fourth-order valence-corrected chi connectivity index (χ4v) is 3.83. The van der Waals surface area contributed by atoms with Gasteiger partial charge in [-0.1, -0.05) is 24.6 Å². The zero-order chi connectivity index (χ0) is 20.2. The number of hydrogen-bond acceptors (Lipinski definition) is 3. The molecule has 0 aromatic heterocycles. The molecule has 1 fully saturated rings. The van der Waals surface area contributed by atoms with Crippen molar-refractivity contribution in [2.45, 2.75) is 38.5 Å². The molecule has 148 valence electrons. The summed E-state index contributed by atoms with van der Waals surface area (Å²) in [5.41, 5.74) is -0.756. The van der Waals surface area contributed by atoms with Crippen LogP contribution in [0.1, 0.15) is 31.4 Å². The van der Waals surface area contributed by atoms with Gasteiger partial charge in [-0.2, -0.15) is 13.2 Å². The summed E-state index contributed by atoms with van der Waals surface area (Å²) < 4.78 is 38.7. The molecule has 1 aliphatic heterocycles. The maximum atomic E-state index is 12.9. The van der Waals surface area contributed by atoms with E-state index in [1.165, 1.54) is 34.9 Å². The lowest BCUT2D eigenvalue weighted by molar-refractivity contribution is -0.137. The van der Waals surface area contributed by atoms with Crippen LogP contribution >= 0.6 is 23.4 Å². The van der Waals surface area contributed by atoms with E-state index in [2.05, 4.69) is 5.32 Å². The highest BCUT2D eigenvalue weighted by Crippen LogP contribution is 2.35. The van der Waals surface area contributed by atoms with Crippen LogP contribution in [-0.2, 0) is 15.8 Å². The Labute approximate surface area is 165 Å². The molecule has 0 bridgehead atoms. The summed E-state index contributed by atoms with van der Waals surface area (Å²) in [6.07, 6.45) is -1.33. The Kier molecular flexibility index (Phi) is 7.22. The number of thioether (sulfide) groups is 1. The van der Waals surface area contributed by atoms with Gasteiger partial charge >= 0.3 is 6.18 Å². The largest absolute Gasteiger partial charge is 0.417 e. The summed E-state index contributed by atoms with van der Waals surface area (Å²) in [4.78, 5) is 26.2. The van der Waals surface area contributed by atoms with Crippen molar-refractivity contribution in [3.8, 4) is 0 Å². The summed E-state index contributed by atoms with van der Waals surface area (Å²) in [5.74, 6) is 0.201. The minimum absolute atomic E-state index is 0.00505. The molecule has 4 nitrogen and oxygen atoms in total. The van der Waals surface area contributed by atoms with E-state index in [1.807, 2.05) is 13.8 Å². The van der Waals surface area contributed by atoms with Gasteiger partial charge in [-0.3, -0.25) is 9.59 Å². The van der Waals surface area contributed by atoms with Crippen LogP contribution in [0.5, 0.6) is 0 Å². The van der Waals surface area contributed by atoms with Crippen molar-refractivity contribution in [1.82, 2.24) is 10.2 Å². The average Bonchev–Trinajstić information content (AvgIpc) is 3.09. The van der Waals surface area contributed by atoms with Crippen molar-refractivity contribution in [2.24, 2.45) is 0 Å². The first-order valence-electron chi connectivity index (χ1n) is 8.37. The molecular formula is C18H20ClF3N2O2S. The first-order chi connectivity index (χ1) is 12.6. The van der Waals surface area contributed by atoms with Crippen LogP contribution in [-0.4, -0.2) is 40.4 Å². The molecule has 1 aliphatic rings. The predicted molar refractivity (Wildman–Crippen MR) is 101 cm³/mol. The minimum atomic E-state index is -4.57. The lowest BCUT2D eigenvalue weighted by Gasteiger charge is -2.23. The quantitative estimate of drug-likeness (QED) is 0.727. The van der Waals surface area contributed by atoms with Gasteiger partial charge in [0.05, 0.1) is 16.5 Å². The SMILES string of the molecule is CCC(C)NC(=O)C1CSCN1C(=O)/C=C/c1ccc(Cl)c(C(F)(F)F)c1. The zero-order valence-corrected chi connectivity index (χ0v) is 16.4. The van der Waals surface area contributed by atoms with Crippen molar-refractivity contribution >= 4 is 41.3 Å². The van der Waals surface area contributed by atoms with Crippen molar-refractivity contribution in [3.63, 3.8) is 0 Å². The van der Waals surface area contributed by atoms with Crippen molar-refractivity contribution < 1.29 is 22.8 Å². The van der Waals surface area contributed by atoms with Gasteiger partial charge in [-0.05, 0) is 37.1 Å². The maximum absolute atomic E-state index is 12.9. The Morgan fingerprint density at radius 3 is 2.78 bits per heavy atom. The highest BCUT2D eigenvalue weighted by atomic mass is 35.5. The van der Waals surface area contributed by atoms with Gasteiger partial charge in [-0.25, -0.2) is 0 Å². The van der Waals surface area contributed by atoms with E-state index in [1.54, 1.807) is 0 Å². The van der Waals surface area contributed by atoms with Crippen LogP contribution in [0.4, 0.5) is 13.2 Å². The molecule has 1 aromatic carbocycles. The molecule has 2 rings (SSSR count). The Morgan fingerprint density at radius 2 is 2.15 bits per heavy atom. The highest BCUT2D eigenvalue weighted by Gasteiger charge is 2.34. The van der Waals surface area contributed by atoms with Gasteiger partial charge < -0.3 is 10.2 Å². The van der Waals surface area contributed by atoms with Gasteiger partial charge in [0, 0.05) is 17.9 Å². The van der Waals surface area contributed by atoms with E-state index in [0.29, 0.717) is 11.6 Å². The molecule has 2 unspecified atom stereocenters. The number of carbonyl (C=O) groups excluding carboxylic acids is 2. The van der Waals surface area contributed by atoms with Crippen LogP contribution in [0.2, 0.25) is 5.02 Å². The summed E-state index contributed by atoms with van der Waals surface area (Å²) in [7, 11) is 0. The van der Waals surface area contributed by atoms with Crippen molar-refractivity contribution in [2.75, 3.05) is 11.6 Å². The Hall–Kier alpha value is -1.67. The molecule has 0 saturated carbocycles. The number of nitrogens with zero attached hydrogens (tertiary/aromatic N) is 1. The van der Waals surface area contributed by atoms with E-state index in [4.69, 9.17) is 11.6 Å². The topological polar surface area (TPSA) is 49.4 Å². The van der Waals surface area contributed by atoms with E-state index in [0.717, 1.165) is 18.6 Å². The second-order valence-corrected chi connectivity index (χ2v) is 7.62. The van der Waals surface area contributed by atoms with Gasteiger partial charge in [0.15, 0.2) is 0 Å². The molecule has 9 heteroatoms. The van der Waals surface area contributed by atoms with Crippen molar-refractivity contribution in [1.29, 1.82) is 0 Å². The second kappa shape index (κ2) is 9.01. The third kappa shape index (κ3) is 5.65. The molecule has 0 spiro atoms. The number of carbonyl (C=O) groups is 2. The van der Waals surface area contributed by atoms with E-state index < -0.39 is 28.7 Å². The van der Waals surface area contributed by atoms with Crippen LogP contribution in [0.25, 0.3) is 6.08 Å². The number of benzene rings is 1. The lowest BCUT2D eigenvalue weighted by Crippen LogP contribution is -2.48. The van der Waals surface area contributed by atoms with Crippen LogP contribution < -0.4 is 5.32 Å². The number of hydrogen-bond donors (Lipinski definition) is 1. The highest BCUT2D eigenvalue weighted by molar-refractivity contribution is 7.99. The molecule has 1 saturated heterocycles. The summed E-state index contributed by atoms with van der Waals surface area (Å²) in [6.45, 7) is 3.83. The maximum Gasteiger partial charge on any atom is 0.417 e.